The van der Waals surface area contributed by atoms with E-state index in [-0.39, 0.29) is 16.6 Å². The maximum Gasteiger partial charge on any atom is 0.338 e. The van der Waals surface area contributed by atoms with Crippen molar-refractivity contribution >= 4 is 21.7 Å². The van der Waals surface area contributed by atoms with Gasteiger partial charge in [-0.05, 0) is 63.1 Å². The number of carbonyl (C=O) groups excluding carboxylic acids is 1. The van der Waals surface area contributed by atoms with E-state index in [9.17, 15) is 13.2 Å². The average molecular weight is 347 g/mol. The van der Waals surface area contributed by atoms with E-state index in [2.05, 4.69) is 4.72 Å². The number of aryl methyl sites for hydroxylation is 2. The van der Waals surface area contributed by atoms with Gasteiger partial charge >= 0.3 is 5.97 Å². The molecule has 0 aliphatic heterocycles. The topological polar surface area (TPSA) is 72.5 Å². The highest BCUT2D eigenvalue weighted by molar-refractivity contribution is 7.92. The third kappa shape index (κ3) is 4.35. The monoisotopic (exact) mass is 347 g/mol. The predicted octanol–water partition coefficient (Wildman–Crippen LogP) is 3.67. The van der Waals surface area contributed by atoms with Crippen LogP contribution in [0, 0.1) is 13.8 Å². The summed E-state index contributed by atoms with van der Waals surface area (Å²) in [6.45, 7) is 7.04. The number of hydrogen-bond donors (Lipinski definition) is 1. The maximum atomic E-state index is 12.7. The lowest BCUT2D eigenvalue weighted by molar-refractivity contribution is 0.0377. The van der Waals surface area contributed by atoms with Crippen molar-refractivity contribution in [1.82, 2.24) is 0 Å². The van der Waals surface area contributed by atoms with E-state index in [1.54, 1.807) is 51.1 Å². The minimum atomic E-state index is -3.80. The summed E-state index contributed by atoms with van der Waals surface area (Å²) < 4.78 is 33.0. The van der Waals surface area contributed by atoms with E-state index in [0.717, 1.165) is 5.56 Å². The zero-order chi connectivity index (χ0) is 17.9. The van der Waals surface area contributed by atoms with Gasteiger partial charge in [0, 0.05) is 5.69 Å². The smallest absolute Gasteiger partial charge is 0.338 e. The molecule has 0 saturated heterocycles. The molecular weight excluding hydrogens is 326 g/mol. The predicted molar refractivity (Wildman–Crippen MR) is 93.7 cm³/mol. The lowest BCUT2D eigenvalue weighted by Crippen LogP contribution is -2.16. The van der Waals surface area contributed by atoms with Gasteiger partial charge in [-0.2, -0.15) is 0 Å². The highest BCUT2D eigenvalue weighted by atomic mass is 32.2. The van der Waals surface area contributed by atoms with E-state index in [4.69, 9.17) is 4.74 Å². The fourth-order valence-electron chi connectivity index (χ4n) is 2.22. The van der Waals surface area contributed by atoms with Gasteiger partial charge in [-0.3, -0.25) is 4.72 Å². The fourth-order valence-corrected chi connectivity index (χ4v) is 3.54. The van der Waals surface area contributed by atoms with Crippen LogP contribution in [-0.2, 0) is 14.8 Å². The first-order valence-electron chi connectivity index (χ1n) is 7.60. The summed E-state index contributed by atoms with van der Waals surface area (Å²) in [5.41, 5.74) is 2.18. The van der Waals surface area contributed by atoms with Crippen molar-refractivity contribution in [3.05, 3.63) is 59.2 Å². The summed E-state index contributed by atoms with van der Waals surface area (Å²) in [6.07, 6.45) is -0.274. The summed E-state index contributed by atoms with van der Waals surface area (Å²) in [6, 6.07) is 11.6. The molecule has 0 amide bonds. The SMILES string of the molecule is Cc1cccc(NS(=O)(=O)c2cc(C(=O)OC(C)C)ccc2C)c1. The molecule has 0 aliphatic rings. The largest absolute Gasteiger partial charge is 0.459 e. The number of hydrogen-bond acceptors (Lipinski definition) is 4. The van der Waals surface area contributed by atoms with E-state index < -0.39 is 16.0 Å². The Morgan fingerprint density at radius 1 is 1.08 bits per heavy atom. The summed E-state index contributed by atoms with van der Waals surface area (Å²) in [5.74, 6) is -0.544. The van der Waals surface area contributed by atoms with Crippen LogP contribution in [0.15, 0.2) is 47.4 Å². The van der Waals surface area contributed by atoms with E-state index in [1.807, 2.05) is 13.0 Å². The summed E-state index contributed by atoms with van der Waals surface area (Å²) in [7, 11) is -3.80. The molecule has 0 atom stereocenters. The first kappa shape index (κ1) is 18.0. The summed E-state index contributed by atoms with van der Waals surface area (Å²) >= 11 is 0. The standard InChI is InChI=1S/C18H21NO4S/c1-12(2)23-18(20)15-9-8-14(4)17(11-15)24(21,22)19-16-7-5-6-13(3)10-16/h5-12,19H,1-4H3. The van der Waals surface area contributed by atoms with E-state index in [0.29, 0.717) is 11.3 Å². The lowest BCUT2D eigenvalue weighted by atomic mass is 10.1. The molecule has 0 radical (unpaired) electrons. The second-order valence-corrected chi connectivity index (χ2v) is 7.56. The molecule has 2 aromatic rings. The van der Waals surface area contributed by atoms with Crippen molar-refractivity contribution in [2.75, 3.05) is 4.72 Å². The minimum absolute atomic E-state index is 0.0576. The number of ether oxygens (including phenoxy) is 1. The molecule has 0 heterocycles. The van der Waals surface area contributed by atoms with E-state index in [1.165, 1.54) is 6.07 Å². The van der Waals surface area contributed by atoms with Crippen molar-refractivity contribution < 1.29 is 17.9 Å². The van der Waals surface area contributed by atoms with Crippen molar-refractivity contribution in [2.45, 2.75) is 38.7 Å². The molecule has 1 N–H and O–H groups in total. The van der Waals surface area contributed by atoms with Crippen LogP contribution in [0.2, 0.25) is 0 Å². The molecule has 24 heavy (non-hydrogen) atoms. The van der Waals surface area contributed by atoms with Gasteiger partial charge in [0.05, 0.1) is 16.6 Å². The summed E-state index contributed by atoms with van der Waals surface area (Å²) in [5, 5.41) is 0. The van der Waals surface area contributed by atoms with Crippen LogP contribution in [0.5, 0.6) is 0 Å². The third-order valence-electron chi connectivity index (χ3n) is 3.33. The van der Waals surface area contributed by atoms with Crippen molar-refractivity contribution in [3.8, 4) is 0 Å². The Morgan fingerprint density at radius 3 is 2.42 bits per heavy atom. The van der Waals surface area contributed by atoms with Crippen LogP contribution in [0.25, 0.3) is 0 Å². The number of benzene rings is 2. The van der Waals surface area contributed by atoms with Crippen molar-refractivity contribution in [1.29, 1.82) is 0 Å². The zero-order valence-electron chi connectivity index (χ0n) is 14.2. The Kier molecular flexibility index (Phi) is 5.29. The summed E-state index contributed by atoms with van der Waals surface area (Å²) in [4.78, 5) is 12.1. The van der Waals surface area contributed by atoms with Gasteiger partial charge < -0.3 is 4.74 Å². The van der Waals surface area contributed by atoms with Crippen LogP contribution in [0.3, 0.4) is 0 Å². The molecule has 0 spiro atoms. The second kappa shape index (κ2) is 7.05. The van der Waals surface area contributed by atoms with Gasteiger partial charge in [-0.15, -0.1) is 0 Å². The molecule has 2 rings (SSSR count). The first-order valence-corrected chi connectivity index (χ1v) is 9.08. The van der Waals surface area contributed by atoms with Crippen LogP contribution >= 0.6 is 0 Å². The number of esters is 1. The van der Waals surface area contributed by atoms with Gasteiger partial charge in [0.1, 0.15) is 0 Å². The van der Waals surface area contributed by atoms with Gasteiger partial charge in [-0.1, -0.05) is 18.2 Å². The Morgan fingerprint density at radius 2 is 1.79 bits per heavy atom. The van der Waals surface area contributed by atoms with Gasteiger partial charge in [0.25, 0.3) is 10.0 Å². The number of anilines is 1. The van der Waals surface area contributed by atoms with Crippen LogP contribution < -0.4 is 4.72 Å². The quantitative estimate of drug-likeness (QED) is 0.838. The minimum Gasteiger partial charge on any atom is -0.459 e. The van der Waals surface area contributed by atoms with Crippen LogP contribution in [-0.4, -0.2) is 20.5 Å². The number of carbonyl (C=O) groups is 1. The van der Waals surface area contributed by atoms with Gasteiger partial charge in [0.2, 0.25) is 0 Å². The molecule has 6 heteroatoms. The molecule has 0 unspecified atom stereocenters. The Hall–Kier alpha value is -2.34. The molecule has 0 fully saturated rings. The Labute approximate surface area is 142 Å². The maximum absolute atomic E-state index is 12.7. The molecule has 0 aromatic heterocycles. The molecule has 2 aromatic carbocycles. The first-order chi connectivity index (χ1) is 11.2. The fraction of sp³-hybridized carbons (Fsp3) is 0.278. The number of sulfonamides is 1. The molecule has 0 aliphatic carbocycles. The van der Waals surface area contributed by atoms with Gasteiger partial charge in [-0.25, -0.2) is 13.2 Å². The zero-order valence-corrected chi connectivity index (χ0v) is 15.0. The average Bonchev–Trinajstić information content (AvgIpc) is 2.46. The number of nitrogens with one attached hydrogen (secondary N) is 1. The Balaban J connectivity index is 2.37. The molecular formula is C18H21NO4S. The number of rotatable bonds is 5. The highest BCUT2D eigenvalue weighted by Gasteiger charge is 2.20. The lowest BCUT2D eigenvalue weighted by Gasteiger charge is -2.13. The molecule has 128 valence electrons. The van der Waals surface area contributed by atoms with E-state index >= 15 is 0 Å². The highest BCUT2D eigenvalue weighted by Crippen LogP contribution is 2.22. The van der Waals surface area contributed by atoms with Gasteiger partial charge in [0.15, 0.2) is 0 Å². The van der Waals surface area contributed by atoms with Crippen LogP contribution in [0.4, 0.5) is 5.69 Å². The normalized spacial score (nSPS) is 11.4. The third-order valence-corrected chi connectivity index (χ3v) is 4.85. The second-order valence-electron chi connectivity index (χ2n) is 5.91. The van der Waals surface area contributed by atoms with Crippen LogP contribution in [0.1, 0.15) is 35.3 Å². The molecule has 0 saturated carbocycles. The van der Waals surface area contributed by atoms with Crippen molar-refractivity contribution in [3.63, 3.8) is 0 Å². The van der Waals surface area contributed by atoms with Crippen molar-refractivity contribution in [2.24, 2.45) is 0 Å². The molecule has 5 nitrogen and oxygen atoms in total. The Bertz CT molecular complexity index is 857. The molecule has 0 bridgehead atoms.